The first-order valence-electron chi connectivity index (χ1n) is 6.05. The molecule has 7 nitrogen and oxygen atoms in total. The summed E-state index contributed by atoms with van der Waals surface area (Å²) in [5.41, 5.74) is 6.76. The van der Waals surface area contributed by atoms with Gasteiger partial charge in [0, 0.05) is 4.47 Å². The topological polar surface area (TPSA) is 133 Å². The van der Waals surface area contributed by atoms with Crippen LogP contribution in [-0.2, 0) is 16.0 Å². The Morgan fingerprint density at radius 2 is 2.19 bits per heavy atom. The Morgan fingerprint density at radius 1 is 1.52 bits per heavy atom. The molecule has 1 aliphatic heterocycles. The van der Waals surface area contributed by atoms with Gasteiger partial charge in [0.2, 0.25) is 5.91 Å². The molecule has 9 heteroatoms. The zero-order chi connectivity index (χ0) is 15.8. The number of halogens is 1. The molecule has 1 aromatic carbocycles. The average Bonchev–Trinajstić information content (AvgIpc) is 2.62. The van der Waals surface area contributed by atoms with Crippen LogP contribution >= 0.6 is 26.7 Å². The van der Waals surface area contributed by atoms with Crippen LogP contribution in [-0.4, -0.2) is 32.1 Å². The summed E-state index contributed by atoms with van der Waals surface area (Å²) in [6, 6.07) is 3.99. The first kappa shape index (κ1) is 16.2. The van der Waals surface area contributed by atoms with Crippen LogP contribution in [0.2, 0.25) is 0 Å². The van der Waals surface area contributed by atoms with Crippen molar-refractivity contribution in [2.45, 2.75) is 24.1 Å². The Labute approximate surface area is 131 Å². The Hall–Kier alpha value is -1.13. The lowest BCUT2D eigenvalue weighted by Crippen LogP contribution is -2.32. The highest BCUT2D eigenvalue weighted by molar-refractivity contribution is 9.10. The Kier molecular flexibility index (Phi) is 4.59. The SMILES string of the molecule is N[C@@H](Cc1ccc(C2CC(=O)NS2(O)O)c(Br)c1)C(=O)O. The van der Waals surface area contributed by atoms with Crippen LogP contribution in [0.1, 0.15) is 22.8 Å². The fraction of sp³-hybridized carbons (Fsp3) is 0.333. The van der Waals surface area contributed by atoms with Crippen LogP contribution < -0.4 is 10.5 Å². The highest BCUT2D eigenvalue weighted by Gasteiger charge is 2.38. The summed E-state index contributed by atoms with van der Waals surface area (Å²) in [4.78, 5) is 22.1. The second-order valence-electron chi connectivity index (χ2n) is 4.82. The zero-order valence-corrected chi connectivity index (χ0v) is 13.2. The van der Waals surface area contributed by atoms with Crippen LogP contribution in [0.25, 0.3) is 0 Å². The van der Waals surface area contributed by atoms with Gasteiger partial charge in [-0.05, 0) is 23.6 Å². The normalized spacial score (nSPS) is 23.4. The van der Waals surface area contributed by atoms with Crippen LogP contribution in [0.4, 0.5) is 0 Å². The quantitative estimate of drug-likeness (QED) is 0.540. The van der Waals surface area contributed by atoms with E-state index in [2.05, 4.69) is 20.7 Å². The standard InChI is InChI=1S/C12H15BrN2O5S/c13-8-3-6(4-9(14)12(17)18)1-2-7(8)10-5-11(16)15-21(10,19)20/h1-3,9-10,19-20H,4-5,14H2,(H,15,16)(H,17,18)/t9-,10?/m0/s1. The van der Waals surface area contributed by atoms with E-state index in [1.165, 1.54) is 0 Å². The number of nitrogens with two attached hydrogens (primary N) is 1. The van der Waals surface area contributed by atoms with Gasteiger partial charge in [0.1, 0.15) is 11.3 Å². The van der Waals surface area contributed by atoms with Gasteiger partial charge in [0.05, 0.1) is 6.42 Å². The third-order valence-corrected chi connectivity index (χ3v) is 5.65. The predicted octanol–water partition coefficient (Wildman–Crippen LogP) is 1.63. The molecule has 0 radical (unpaired) electrons. The molecule has 1 aromatic rings. The van der Waals surface area contributed by atoms with Crippen LogP contribution in [0.3, 0.4) is 0 Å². The van der Waals surface area contributed by atoms with E-state index in [0.717, 1.165) is 0 Å². The fourth-order valence-electron chi connectivity index (χ4n) is 2.15. The molecule has 2 atom stereocenters. The number of hydrogen-bond acceptors (Lipinski definition) is 5. The fourth-order valence-corrected chi connectivity index (χ4v) is 4.51. The van der Waals surface area contributed by atoms with Crippen molar-refractivity contribution in [1.29, 1.82) is 0 Å². The summed E-state index contributed by atoms with van der Waals surface area (Å²) in [6.45, 7) is 0. The summed E-state index contributed by atoms with van der Waals surface area (Å²) in [6.07, 6.45) is 0.154. The van der Waals surface area contributed by atoms with Crippen molar-refractivity contribution >= 4 is 38.6 Å². The minimum Gasteiger partial charge on any atom is -0.480 e. The largest absolute Gasteiger partial charge is 0.480 e. The molecule has 21 heavy (non-hydrogen) atoms. The lowest BCUT2D eigenvalue weighted by Gasteiger charge is -2.33. The van der Waals surface area contributed by atoms with Crippen molar-refractivity contribution in [1.82, 2.24) is 4.72 Å². The number of nitrogens with one attached hydrogen (secondary N) is 1. The van der Waals surface area contributed by atoms with E-state index in [1.807, 2.05) is 0 Å². The third-order valence-electron chi connectivity index (χ3n) is 3.22. The minimum atomic E-state index is -3.21. The van der Waals surface area contributed by atoms with Gasteiger partial charge in [-0.25, -0.2) is 0 Å². The average molecular weight is 379 g/mol. The Bertz CT molecular complexity index is 595. The monoisotopic (exact) mass is 378 g/mol. The molecule has 0 aliphatic carbocycles. The van der Waals surface area contributed by atoms with E-state index < -0.39 is 33.9 Å². The molecule has 1 heterocycles. The maximum atomic E-state index is 11.3. The lowest BCUT2D eigenvalue weighted by molar-refractivity contribution is -0.138. The molecular formula is C12H15BrN2O5S. The molecule has 0 aromatic heterocycles. The molecule has 1 fully saturated rings. The highest BCUT2D eigenvalue weighted by Crippen LogP contribution is 2.57. The molecule has 1 unspecified atom stereocenters. The summed E-state index contributed by atoms with van der Waals surface area (Å²) in [5, 5.41) is 8.07. The van der Waals surface area contributed by atoms with Crippen molar-refractivity contribution in [2.24, 2.45) is 5.73 Å². The van der Waals surface area contributed by atoms with Crippen LogP contribution in [0, 0.1) is 0 Å². The van der Waals surface area contributed by atoms with E-state index in [9.17, 15) is 18.7 Å². The van der Waals surface area contributed by atoms with Gasteiger partial charge in [-0.1, -0.05) is 28.1 Å². The van der Waals surface area contributed by atoms with Gasteiger partial charge in [-0.3, -0.25) is 23.4 Å². The third kappa shape index (κ3) is 3.55. The van der Waals surface area contributed by atoms with Crippen LogP contribution in [0.15, 0.2) is 22.7 Å². The molecule has 0 spiro atoms. The minimum absolute atomic E-state index is 0.00504. The van der Waals surface area contributed by atoms with Crippen LogP contribution in [0.5, 0.6) is 0 Å². The smallest absolute Gasteiger partial charge is 0.320 e. The van der Waals surface area contributed by atoms with Gasteiger partial charge < -0.3 is 10.8 Å². The van der Waals surface area contributed by atoms with E-state index >= 15 is 0 Å². The lowest BCUT2D eigenvalue weighted by atomic mass is 10.0. The predicted molar refractivity (Wildman–Crippen MR) is 81.8 cm³/mol. The molecule has 1 amide bonds. The van der Waals surface area contributed by atoms with Gasteiger partial charge in [0.25, 0.3) is 0 Å². The number of aliphatic carboxylic acids is 1. The number of benzene rings is 1. The maximum Gasteiger partial charge on any atom is 0.320 e. The van der Waals surface area contributed by atoms with Gasteiger partial charge in [0.15, 0.2) is 0 Å². The number of rotatable bonds is 4. The first-order chi connectivity index (χ1) is 9.70. The van der Waals surface area contributed by atoms with Gasteiger partial charge in [-0.2, -0.15) is 0 Å². The number of hydrogen-bond donors (Lipinski definition) is 5. The molecule has 1 saturated heterocycles. The molecule has 2 rings (SSSR count). The number of carboxylic acid groups (broad SMARTS) is 1. The molecular weight excluding hydrogens is 364 g/mol. The van der Waals surface area contributed by atoms with E-state index in [-0.39, 0.29) is 12.8 Å². The molecule has 0 saturated carbocycles. The van der Waals surface area contributed by atoms with Gasteiger partial charge >= 0.3 is 5.97 Å². The number of carbonyl (C=O) groups is 2. The highest BCUT2D eigenvalue weighted by atomic mass is 79.9. The summed E-state index contributed by atoms with van der Waals surface area (Å²) >= 11 is 3.32. The summed E-state index contributed by atoms with van der Waals surface area (Å²) in [5.74, 6) is -1.50. The van der Waals surface area contributed by atoms with E-state index in [4.69, 9.17) is 10.8 Å². The Morgan fingerprint density at radius 3 is 2.67 bits per heavy atom. The van der Waals surface area contributed by atoms with Crippen molar-refractivity contribution in [3.05, 3.63) is 33.8 Å². The second-order valence-corrected chi connectivity index (χ2v) is 7.63. The molecule has 1 aliphatic rings. The molecule has 0 bridgehead atoms. The van der Waals surface area contributed by atoms with E-state index in [1.54, 1.807) is 18.2 Å². The number of amides is 1. The summed E-state index contributed by atoms with van der Waals surface area (Å²) in [7, 11) is -3.21. The first-order valence-corrected chi connectivity index (χ1v) is 8.45. The maximum absolute atomic E-state index is 11.3. The summed E-state index contributed by atoms with van der Waals surface area (Å²) < 4.78 is 22.5. The number of carbonyl (C=O) groups excluding carboxylic acids is 1. The molecule has 116 valence electrons. The zero-order valence-electron chi connectivity index (χ0n) is 10.8. The van der Waals surface area contributed by atoms with E-state index in [0.29, 0.717) is 15.6 Å². The second kappa shape index (κ2) is 5.93. The Balaban J connectivity index is 2.24. The van der Waals surface area contributed by atoms with Crippen molar-refractivity contribution in [3.63, 3.8) is 0 Å². The van der Waals surface area contributed by atoms with Crippen molar-refractivity contribution < 1.29 is 23.8 Å². The van der Waals surface area contributed by atoms with Gasteiger partial charge in [-0.15, -0.1) is 10.8 Å². The number of carboxylic acids is 1. The molecule has 6 N–H and O–H groups in total. The van der Waals surface area contributed by atoms with Crippen molar-refractivity contribution in [3.8, 4) is 0 Å². The van der Waals surface area contributed by atoms with Crippen molar-refractivity contribution in [2.75, 3.05) is 0 Å².